The highest BCUT2D eigenvalue weighted by molar-refractivity contribution is 7.13. The number of amides is 4. The van der Waals surface area contributed by atoms with Crippen LogP contribution in [-0.2, 0) is 27.3 Å². The molecule has 1 aliphatic heterocycles. The molecule has 1 atom stereocenters. The molecule has 0 spiro atoms. The van der Waals surface area contributed by atoms with E-state index in [1.807, 2.05) is 7.05 Å². The van der Waals surface area contributed by atoms with Gasteiger partial charge in [0.25, 0.3) is 5.91 Å². The number of rotatable bonds is 7. The number of nitrogens with two attached hydrogens (primary N) is 1. The second kappa shape index (κ2) is 9.60. The second-order valence-corrected chi connectivity index (χ2v) is 8.03. The Hall–Kier alpha value is -2.53. The average Bonchev–Trinajstić information content (AvgIpc) is 3.06. The zero-order chi connectivity index (χ0) is 20.8. The van der Waals surface area contributed by atoms with Gasteiger partial charge >= 0.3 is 11.8 Å². The number of primary amides is 1. The largest absolute Gasteiger partial charge is 0.361 e. The molecule has 11 heteroatoms. The number of nitrogens with one attached hydrogen (secondary N) is 2. The summed E-state index contributed by atoms with van der Waals surface area (Å²) < 4.78 is 0. The van der Waals surface area contributed by atoms with E-state index in [0.717, 1.165) is 30.1 Å². The molecule has 0 aromatic carbocycles. The lowest BCUT2D eigenvalue weighted by molar-refractivity contribution is -0.137. The molecule has 0 bridgehead atoms. The molecule has 0 aliphatic carbocycles. The van der Waals surface area contributed by atoms with Crippen LogP contribution in [0.3, 0.4) is 0 Å². The Labute approximate surface area is 167 Å². The van der Waals surface area contributed by atoms with Crippen molar-refractivity contribution < 1.29 is 19.2 Å². The predicted molar refractivity (Wildman–Crippen MR) is 104 cm³/mol. The first-order valence-electron chi connectivity index (χ1n) is 8.93. The summed E-state index contributed by atoms with van der Waals surface area (Å²) in [4.78, 5) is 55.9. The van der Waals surface area contributed by atoms with E-state index in [-0.39, 0.29) is 24.8 Å². The molecular weight excluding hydrogens is 384 g/mol. The molecule has 2 heterocycles. The second-order valence-electron chi connectivity index (χ2n) is 6.95. The summed E-state index contributed by atoms with van der Waals surface area (Å²) in [7, 11) is 5.30. The van der Waals surface area contributed by atoms with E-state index in [1.54, 1.807) is 14.1 Å². The molecule has 1 aliphatic rings. The summed E-state index contributed by atoms with van der Waals surface area (Å²) in [6.45, 7) is 1.64. The number of likely N-dealkylation sites (N-methyl/N-ethyl adjacent to an activating group) is 1. The quantitative estimate of drug-likeness (QED) is 0.478. The van der Waals surface area contributed by atoms with Crippen LogP contribution in [0, 0.1) is 0 Å². The molecule has 154 valence electrons. The van der Waals surface area contributed by atoms with Gasteiger partial charge < -0.3 is 26.2 Å². The van der Waals surface area contributed by atoms with Gasteiger partial charge in [0.15, 0.2) is 5.01 Å². The van der Waals surface area contributed by atoms with Gasteiger partial charge in [-0.1, -0.05) is 0 Å². The van der Waals surface area contributed by atoms with Crippen LogP contribution in [0.25, 0.3) is 0 Å². The third-order valence-electron chi connectivity index (χ3n) is 4.39. The van der Waals surface area contributed by atoms with Crippen LogP contribution < -0.4 is 16.4 Å². The number of carbonyl (C=O) groups excluding carboxylic acids is 4. The summed E-state index contributed by atoms with van der Waals surface area (Å²) >= 11 is 1.35. The predicted octanol–water partition coefficient (Wildman–Crippen LogP) is -1.30. The lowest BCUT2D eigenvalue weighted by Gasteiger charge is -2.20. The summed E-state index contributed by atoms with van der Waals surface area (Å²) in [6, 6.07) is -0.539. The van der Waals surface area contributed by atoms with Crippen LogP contribution >= 0.6 is 11.3 Å². The fraction of sp³-hybridized carbons (Fsp3) is 0.588. The molecule has 0 saturated carbocycles. The van der Waals surface area contributed by atoms with Gasteiger partial charge in [-0.05, 0) is 13.5 Å². The highest BCUT2D eigenvalue weighted by atomic mass is 32.1. The van der Waals surface area contributed by atoms with Crippen LogP contribution in [0.2, 0.25) is 0 Å². The minimum Gasteiger partial charge on any atom is -0.361 e. The van der Waals surface area contributed by atoms with Crippen molar-refractivity contribution in [3.05, 3.63) is 15.6 Å². The Kier molecular flexibility index (Phi) is 7.46. The van der Waals surface area contributed by atoms with E-state index in [2.05, 4.69) is 20.5 Å². The van der Waals surface area contributed by atoms with Gasteiger partial charge in [-0.2, -0.15) is 0 Å². The minimum atomic E-state index is -1.11. The van der Waals surface area contributed by atoms with Crippen LogP contribution in [0.15, 0.2) is 0 Å². The van der Waals surface area contributed by atoms with Crippen LogP contribution in [0.1, 0.15) is 33.2 Å². The average molecular weight is 411 g/mol. The van der Waals surface area contributed by atoms with Gasteiger partial charge in [0.2, 0.25) is 5.91 Å². The number of hydrogen-bond acceptors (Lipinski definition) is 7. The minimum absolute atomic E-state index is 0.0119. The monoisotopic (exact) mass is 410 g/mol. The Morgan fingerprint density at radius 3 is 2.68 bits per heavy atom. The van der Waals surface area contributed by atoms with Gasteiger partial charge in [-0.15, -0.1) is 11.3 Å². The highest BCUT2D eigenvalue weighted by Gasteiger charge is 2.24. The highest BCUT2D eigenvalue weighted by Crippen LogP contribution is 2.24. The topological polar surface area (TPSA) is 138 Å². The van der Waals surface area contributed by atoms with Gasteiger partial charge in [0, 0.05) is 57.5 Å². The first-order valence-corrected chi connectivity index (χ1v) is 9.74. The summed E-state index contributed by atoms with van der Waals surface area (Å²) in [5.41, 5.74) is 5.87. The van der Waals surface area contributed by atoms with E-state index >= 15 is 0 Å². The van der Waals surface area contributed by atoms with E-state index in [9.17, 15) is 19.2 Å². The Morgan fingerprint density at radius 2 is 2.04 bits per heavy atom. The van der Waals surface area contributed by atoms with Gasteiger partial charge in [-0.3, -0.25) is 19.2 Å². The van der Waals surface area contributed by atoms with Crippen LogP contribution in [-0.4, -0.2) is 78.7 Å². The molecule has 4 N–H and O–H groups in total. The molecule has 0 radical (unpaired) electrons. The third kappa shape index (κ3) is 5.99. The summed E-state index contributed by atoms with van der Waals surface area (Å²) in [5, 5.41) is 5.52. The standard InChI is InChI=1S/C17H26N6O4S/c1-22(2)13(24)5-4-10(8-19-15(26)14(18)25)20-16(27)17-21-11-6-7-23(3)9-12(11)28-17/h10H,4-9H2,1-3H3,(H2,18,25)(H,19,26)(H,20,27)/t10-/m1/s1. The number of nitrogens with zero attached hydrogens (tertiary/aromatic N) is 3. The smallest absolute Gasteiger partial charge is 0.309 e. The zero-order valence-corrected chi connectivity index (χ0v) is 17.1. The maximum absolute atomic E-state index is 12.6. The third-order valence-corrected chi connectivity index (χ3v) is 5.47. The summed E-state index contributed by atoms with van der Waals surface area (Å²) in [5.74, 6) is -2.51. The molecular formula is C17H26N6O4S. The molecule has 0 fully saturated rings. The van der Waals surface area contributed by atoms with E-state index in [0.29, 0.717) is 11.4 Å². The normalized spacial score (nSPS) is 14.7. The van der Waals surface area contributed by atoms with Gasteiger partial charge in [-0.25, -0.2) is 4.98 Å². The molecule has 28 heavy (non-hydrogen) atoms. The van der Waals surface area contributed by atoms with E-state index < -0.39 is 17.9 Å². The number of hydrogen-bond donors (Lipinski definition) is 3. The molecule has 0 saturated heterocycles. The van der Waals surface area contributed by atoms with Crippen molar-refractivity contribution in [3.8, 4) is 0 Å². The molecule has 2 rings (SSSR count). The summed E-state index contributed by atoms with van der Waals surface area (Å²) in [6.07, 6.45) is 1.28. The maximum atomic E-state index is 12.6. The number of carbonyl (C=O) groups is 4. The van der Waals surface area contributed by atoms with Crippen molar-refractivity contribution >= 4 is 35.0 Å². The SMILES string of the molecule is CN1CCc2nc(C(=O)N[C@H](CCC(=O)N(C)C)CNC(=O)C(N)=O)sc2C1. The van der Waals surface area contributed by atoms with Crippen molar-refractivity contribution in [2.75, 3.05) is 34.2 Å². The zero-order valence-electron chi connectivity index (χ0n) is 16.3. The first-order chi connectivity index (χ1) is 13.2. The van der Waals surface area contributed by atoms with E-state index in [1.165, 1.54) is 16.2 Å². The van der Waals surface area contributed by atoms with Gasteiger partial charge in [0.05, 0.1) is 5.69 Å². The van der Waals surface area contributed by atoms with Gasteiger partial charge in [0.1, 0.15) is 0 Å². The lowest BCUT2D eigenvalue weighted by atomic mass is 10.1. The van der Waals surface area contributed by atoms with Crippen molar-refractivity contribution in [2.24, 2.45) is 5.73 Å². The fourth-order valence-corrected chi connectivity index (χ4v) is 3.81. The van der Waals surface area contributed by atoms with Crippen molar-refractivity contribution in [1.82, 2.24) is 25.4 Å². The van der Waals surface area contributed by atoms with Crippen molar-refractivity contribution in [3.63, 3.8) is 0 Å². The lowest BCUT2D eigenvalue weighted by Crippen LogP contribution is -2.46. The fourth-order valence-electron chi connectivity index (χ4n) is 2.72. The maximum Gasteiger partial charge on any atom is 0.309 e. The molecule has 4 amide bonds. The Balaban J connectivity index is 2.02. The molecule has 10 nitrogen and oxygen atoms in total. The Bertz CT molecular complexity index is 763. The van der Waals surface area contributed by atoms with Crippen LogP contribution in [0.4, 0.5) is 0 Å². The number of fused-ring (bicyclic) bond motifs is 1. The molecule has 1 aromatic rings. The first kappa shape index (κ1) is 21.8. The van der Waals surface area contributed by atoms with E-state index in [4.69, 9.17) is 5.73 Å². The van der Waals surface area contributed by atoms with Crippen LogP contribution in [0.5, 0.6) is 0 Å². The number of aromatic nitrogens is 1. The van der Waals surface area contributed by atoms with Crippen molar-refractivity contribution in [2.45, 2.75) is 31.8 Å². The van der Waals surface area contributed by atoms with Crippen molar-refractivity contribution in [1.29, 1.82) is 0 Å². The Morgan fingerprint density at radius 1 is 1.32 bits per heavy atom. The number of thiazole rings is 1. The molecule has 0 unspecified atom stereocenters. The molecule has 1 aromatic heterocycles.